The van der Waals surface area contributed by atoms with E-state index >= 15 is 0 Å². The molecule has 3 saturated carbocycles. The van der Waals surface area contributed by atoms with E-state index in [0.717, 1.165) is 92.6 Å². The van der Waals surface area contributed by atoms with Crippen molar-refractivity contribution in [1.82, 2.24) is 0 Å². The topological polar surface area (TPSA) is 424 Å². The maximum atomic E-state index is 11.3. The molecule has 4 fully saturated rings. The maximum Gasteiger partial charge on any atom is 0.337 e. The molecule has 1 heterocycles. The molecule has 9 N–H and O–H groups in total. The number of benzene rings is 3. The van der Waals surface area contributed by atoms with Crippen molar-refractivity contribution in [2.75, 3.05) is 26.4 Å². The number of nitrogens with zero attached hydrogens (tertiary/aromatic N) is 12. The van der Waals surface area contributed by atoms with Crippen molar-refractivity contribution >= 4 is 17.9 Å². The number of carbonyl (C=O) groups excluding carboxylic acids is 3. The number of aryl methyl sites for hydroxylation is 1. The zero-order chi connectivity index (χ0) is 68.5. The molecule has 94 heavy (non-hydrogen) atoms. The Kier molecular flexibility index (Phi) is 47.0. The molecule has 3 aliphatic carbocycles. The first-order valence-corrected chi connectivity index (χ1v) is 33.2. The SMILES string of the molecule is C=CC(=O)OCCCCCCCC1CCC(C2CCC(C#N)CC2)CC1.C=CC(=O)OCCCCCCCC1CCC(c2ccc(C#N)cc2)CC1.N#Cc1ccc(-c2ccc(CCCCCCCOC(=O)C3CO3)cc2)cc1.N/N=N/N.N=N/N=N/N.N=N/N=N/N=N.[HH].[HH].[HH]. The number of hydrogen-bond acceptors (Lipinski definition) is 16. The minimum absolute atomic E-state index is 0. The Morgan fingerprint density at radius 2 is 0.904 bits per heavy atom. The Labute approximate surface area is 560 Å². The summed E-state index contributed by atoms with van der Waals surface area (Å²) in [6, 6.07) is 31.3. The second-order valence-corrected chi connectivity index (χ2v) is 23.6. The fourth-order valence-corrected chi connectivity index (χ4v) is 12.0. The Bertz CT molecular complexity index is 2800. The molecular weight excluding hydrogens is 1190 g/mol. The molecule has 3 aromatic rings. The molecule has 0 amide bonds. The quantitative estimate of drug-likeness (QED) is 0.00483. The van der Waals surface area contributed by atoms with Gasteiger partial charge in [0.2, 0.25) is 0 Å². The van der Waals surface area contributed by atoms with Gasteiger partial charge in [0.15, 0.2) is 6.10 Å². The van der Waals surface area contributed by atoms with Gasteiger partial charge in [-0.15, -0.1) is 0 Å². The molecule has 1 aliphatic heterocycles. The van der Waals surface area contributed by atoms with Crippen LogP contribution in [0.5, 0.6) is 0 Å². The minimum Gasteiger partial charge on any atom is -0.464 e. The second kappa shape index (κ2) is 54.5. The van der Waals surface area contributed by atoms with E-state index in [9.17, 15) is 14.4 Å². The Morgan fingerprint density at radius 1 is 0.511 bits per heavy atom. The third kappa shape index (κ3) is 39.4. The largest absolute Gasteiger partial charge is 0.464 e. The van der Waals surface area contributed by atoms with Crippen LogP contribution >= 0.6 is 0 Å². The lowest BCUT2D eigenvalue weighted by Gasteiger charge is -2.36. The summed E-state index contributed by atoms with van der Waals surface area (Å²) in [5.74, 6) is 17.0. The van der Waals surface area contributed by atoms with Crippen molar-refractivity contribution in [2.24, 2.45) is 94.1 Å². The average molecular weight is 1300 g/mol. The average Bonchev–Trinajstić information content (AvgIpc) is 1.19. The number of hydrogen-bond donors (Lipinski definition) is 6. The van der Waals surface area contributed by atoms with Gasteiger partial charge in [0, 0.05) is 22.3 Å². The molecule has 1 unspecified atom stereocenters. The summed E-state index contributed by atoms with van der Waals surface area (Å²) < 4.78 is 20.0. The first-order chi connectivity index (χ1) is 45.9. The van der Waals surface area contributed by atoms with Crippen molar-refractivity contribution in [3.05, 3.63) is 120 Å². The number of ether oxygens (including phenoxy) is 4. The zero-order valence-corrected chi connectivity index (χ0v) is 55.0. The molecule has 7 rings (SSSR count). The van der Waals surface area contributed by atoms with Crippen LogP contribution in [0.3, 0.4) is 0 Å². The highest BCUT2D eigenvalue weighted by atomic mass is 16.6. The summed E-state index contributed by atoms with van der Waals surface area (Å²) in [6.45, 7) is 8.86. The number of carbonyl (C=O) groups is 3. The molecule has 3 aromatic carbocycles. The van der Waals surface area contributed by atoms with Crippen LogP contribution in [0, 0.1) is 80.2 Å². The van der Waals surface area contributed by atoms with Gasteiger partial charge in [0.05, 0.1) is 55.8 Å². The zero-order valence-electron chi connectivity index (χ0n) is 55.0. The van der Waals surface area contributed by atoms with E-state index in [1.807, 2.05) is 36.4 Å². The fourth-order valence-electron chi connectivity index (χ4n) is 12.0. The molecule has 25 nitrogen and oxygen atoms in total. The summed E-state index contributed by atoms with van der Waals surface area (Å²) in [6.07, 6.45) is 39.4. The molecule has 25 heteroatoms. The number of esters is 3. The third-order valence-corrected chi connectivity index (χ3v) is 17.2. The highest BCUT2D eigenvalue weighted by Gasteiger charge is 2.33. The molecule has 1 saturated heterocycles. The Balaban J connectivity index is 0. The van der Waals surface area contributed by atoms with Crippen LogP contribution in [-0.4, -0.2) is 50.4 Å². The highest BCUT2D eigenvalue weighted by molar-refractivity contribution is 5.81. The van der Waals surface area contributed by atoms with Crippen molar-refractivity contribution in [2.45, 2.75) is 205 Å². The van der Waals surface area contributed by atoms with Gasteiger partial charge in [-0.25, -0.2) is 14.4 Å². The van der Waals surface area contributed by atoms with Crippen LogP contribution in [0.2, 0.25) is 0 Å². The normalized spacial score (nSPS) is 19.1. The molecule has 0 radical (unpaired) electrons. The van der Waals surface area contributed by atoms with Crippen molar-refractivity contribution in [3.8, 4) is 29.3 Å². The van der Waals surface area contributed by atoms with Crippen molar-refractivity contribution in [1.29, 1.82) is 32.4 Å². The van der Waals surface area contributed by atoms with Crippen LogP contribution in [-0.2, 0) is 39.8 Å². The van der Waals surface area contributed by atoms with E-state index in [4.69, 9.17) is 51.3 Å². The van der Waals surface area contributed by atoms with Crippen LogP contribution in [0.15, 0.2) is 145 Å². The predicted octanol–water partition coefficient (Wildman–Crippen LogP) is 18.3. The van der Waals surface area contributed by atoms with Crippen LogP contribution in [0.1, 0.15) is 219 Å². The molecule has 516 valence electrons. The minimum atomic E-state index is -0.318. The predicted molar refractivity (Wildman–Crippen MR) is 363 cm³/mol. The molecule has 0 spiro atoms. The number of nitrogens with one attached hydrogen (secondary N) is 3. The van der Waals surface area contributed by atoms with E-state index in [1.54, 1.807) is 0 Å². The monoisotopic (exact) mass is 1300 g/mol. The second-order valence-electron chi connectivity index (χ2n) is 23.6. The Hall–Kier alpha value is -9.02. The van der Waals surface area contributed by atoms with E-state index in [2.05, 4.69) is 132 Å². The first-order valence-electron chi connectivity index (χ1n) is 33.2. The summed E-state index contributed by atoms with van der Waals surface area (Å²) in [7, 11) is 0. The maximum absolute atomic E-state index is 11.3. The molecule has 0 aromatic heterocycles. The van der Waals surface area contributed by atoms with E-state index in [0.29, 0.717) is 43.8 Å². The van der Waals surface area contributed by atoms with Gasteiger partial charge in [-0.2, -0.15) is 32.4 Å². The lowest BCUT2D eigenvalue weighted by molar-refractivity contribution is -0.145. The number of unbranched alkanes of at least 4 members (excludes halogenated alkanes) is 12. The van der Waals surface area contributed by atoms with E-state index in [-0.39, 0.29) is 28.3 Å². The van der Waals surface area contributed by atoms with Gasteiger partial charge in [-0.05, 0) is 204 Å². The van der Waals surface area contributed by atoms with Gasteiger partial charge < -0.3 is 36.5 Å². The van der Waals surface area contributed by atoms with E-state index < -0.39 is 0 Å². The van der Waals surface area contributed by atoms with Gasteiger partial charge in [-0.3, -0.25) is 0 Å². The summed E-state index contributed by atoms with van der Waals surface area (Å²) in [5, 5.41) is 50.0. The van der Waals surface area contributed by atoms with Crippen molar-refractivity contribution < 1.29 is 37.6 Å². The van der Waals surface area contributed by atoms with Gasteiger partial charge in [0.1, 0.15) is 0 Å². The molecular formula is C69H108N18O7. The summed E-state index contributed by atoms with van der Waals surface area (Å²) >= 11 is 0. The standard InChI is InChI=1S/C23H25NO3.C23H37NO2.C23H31NO2.H2N6.H3N5.H4N4.3H2/c24-16-19-9-13-21(14-10-19)20-11-7-18(8-12-20)6-4-2-1-3-5-15-26-23(25)22-17-27-22;2*1-2-23(25)26-17-7-5-3-4-6-8-19-9-13-21(14-10-19)22-15-11-20(18-24)12-16-22;1-3-5-6-4-2;1-3-5-4-2;1-3-4-2;;;/h7-14,22H,1-6,15,17H2;2,19-22H,1,3-17H2;2,11-12,15-16,19,21H,1,3-10,13-14,17H2;1-2H;(H3,1,2,5);(H2,1,4)(H2,2,3);3*1H/b;;;3-1?,4-2?,6-5+;;;;;. The molecule has 0 bridgehead atoms. The Morgan fingerprint density at radius 3 is 1.30 bits per heavy atom. The van der Waals surface area contributed by atoms with E-state index in [1.165, 1.54) is 164 Å². The number of nitriles is 3. The van der Waals surface area contributed by atoms with Crippen LogP contribution in [0.25, 0.3) is 11.1 Å². The number of rotatable bonds is 33. The first kappa shape index (κ1) is 81.1. The lowest BCUT2D eigenvalue weighted by Crippen LogP contribution is -2.25. The van der Waals surface area contributed by atoms with Gasteiger partial charge in [-0.1, -0.05) is 174 Å². The summed E-state index contributed by atoms with van der Waals surface area (Å²) in [4.78, 5) is 33.1. The third-order valence-electron chi connectivity index (χ3n) is 17.2. The molecule has 4 aliphatic rings. The smallest absolute Gasteiger partial charge is 0.337 e. The van der Waals surface area contributed by atoms with Gasteiger partial charge in [0.25, 0.3) is 0 Å². The lowest BCUT2D eigenvalue weighted by atomic mass is 9.69. The van der Waals surface area contributed by atoms with Crippen molar-refractivity contribution in [3.63, 3.8) is 0 Å². The fraction of sp³-hybridized carbons (Fsp3) is 0.594. The number of nitrogens with two attached hydrogens (primary N) is 3. The van der Waals surface area contributed by atoms with Crippen LogP contribution in [0.4, 0.5) is 0 Å². The summed E-state index contributed by atoms with van der Waals surface area (Å²) in [5.41, 5.74) is 24.2. The van der Waals surface area contributed by atoms with Crippen LogP contribution < -0.4 is 17.5 Å². The highest BCUT2D eigenvalue weighted by Crippen LogP contribution is 2.42. The number of epoxide rings is 1. The molecule has 1 atom stereocenters. The van der Waals surface area contributed by atoms with Gasteiger partial charge >= 0.3 is 17.9 Å².